The van der Waals surface area contributed by atoms with Gasteiger partial charge >= 0.3 is 0 Å². The van der Waals surface area contributed by atoms with E-state index < -0.39 is 10.0 Å². The van der Waals surface area contributed by atoms with Crippen molar-refractivity contribution in [3.05, 3.63) is 33.3 Å². The van der Waals surface area contributed by atoms with Gasteiger partial charge < -0.3 is 4.74 Å². The van der Waals surface area contributed by atoms with Crippen molar-refractivity contribution in [3.8, 4) is 0 Å². The molecule has 0 unspecified atom stereocenters. The second kappa shape index (κ2) is 8.15. The Bertz CT molecular complexity index is 838. The first-order valence-corrected chi connectivity index (χ1v) is 10.6. The standard InChI is InChI=1S/C14H16Cl2N4O3S2/c15-10-1-2-12(11(16)9-10)25(21,22)19-14-18-17-13(24-14)3-4-20-5-7-23-8-6-20/h1-2,9H,3-8H2,(H,18,19). The minimum atomic E-state index is -3.84. The van der Waals surface area contributed by atoms with Crippen LogP contribution in [0.1, 0.15) is 5.01 Å². The molecule has 1 aromatic carbocycles. The maximum absolute atomic E-state index is 12.4. The first kappa shape index (κ1) is 18.8. The fraction of sp³-hybridized carbons (Fsp3) is 0.429. The van der Waals surface area contributed by atoms with Gasteiger partial charge in [0, 0.05) is 31.1 Å². The largest absolute Gasteiger partial charge is 0.379 e. The molecule has 0 bridgehead atoms. The average Bonchev–Trinajstić information content (AvgIpc) is 3.00. The van der Waals surface area contributed by atoms with Gasteiger partial charge in [-0.1, -0.05) is 34.5 Å². The highest BCUT2D eigenvalue weighted by atomic mass is 35.5. The van der Waals surface area contributed by atoms with Gasteiger partial charge in [0.05, 0.1) is 18.2 Å². The molecule has 1 aliphatic heterocycles. The summed E-state index contributed by atoms with van der Waals surface area (Å²) in [5.74, 6) is 0. The lowest BCUT2D eigenvalue weighted by Crippen LogP contribution is -2.37. The third-order valence-corrected chi connectivity index (χ3v) is 6.70. The van der Waals surface area contributed by atoms with Crippen molar-refractivity contribution < 1.29 is 13.2 Å². The summed E-state index contributed by atoms with van der Waals surface area (Å²) in [4.78, 5) is 2.23. The number of nitrogens with zero attached hydrogens (tertiary/aromatic N) is 3. The minimum absolute atomic E-state index is 0.0522. The molecule has 3 rings (SSSR count). The van der Waals surface area contributed by atoms with Crippen LogP contribution in [0.5, 0.6) is 0 Å². The molecule has 2 heterocycles. The molecule has 0 spiro atoms. The normalized spacial score (nSPS) is 16.1. The van der Waals surface area contributed by atoms with Crippen molar-refractivity contribution in [3.63, 3.8) is 0 Å². The fourth-order valence-electron chi connectivity index (χ4n) is 2.34. The Morgan fingerprint density at radius 1 is 1.24 bits per heavy atom. The number of hydrogen-bond acceptors (Lipinski definition) is 7. The molecule has 136 valence electrons. The summed E-state index contributed by atoms with van der Waals surface area (Å²) in [6.07, 6.45) is 0.709. The molecule has 1 N–H and O–H groups in total. The fourth-order valence-corrected chi connectivity index (χ4v) is 5.07. The molecule has 0 amide bonds. The highest BCUT2D eigenvalue weighted by Crippen LogP contribution is 2.27. The van der Waals surface area contributed by atoms with E-state index in [4.69, 9.17) is 27.9 Å². The summed E-state index contributed by atoms with van der Waals surface area (Å²) < 4.78 is 32.6. The van der Waals surface area contributed by atoms with Crippen molar-refractivity contribution >= 4 is 49.7 Å². The van der Waals surface area contributed by atoms with E-state index in [2.05, 4.69) is 19.8 Å². The minimum Gasteiger partial charge on any atom is -0.379 e. The Labute approximate surface area is 160 Å². The molecule has 0 aliphatic carbocycles. The van der Waals surface area contributed by atoms with Crippen molar-refractivity contribution in [2.24, 2.45) is 0 Å². The summed E-state index contributed by atoms with van der Waals surface area (Å²) in [6.45, 7) is 4.11. The zero-order valence-corrected chi connectivity index (χ0v) is 16.3. The number of hydrogen-bond donors (Lipinski definition) is 1. The Balaban J connectivity index is 1.63. The maximum Gasteiger partial charge on any atom is 0.265 e. The molecule has 25 heavy (non-hydrogen) atoms. The predicted octanol–water partition coefficient (Wildman–Crippen LogP) is 2.52. The Hall–Kier alpha value is -0.970. The third-order valence-electron chi connectivity index (χ3n) is 3.62. The van der Waals surface area contributed by atoms with E-state index in [9.17, 15) is 8.42 Å². The number of rotatable bonds is 6. The van der Waals surface area contributed by atoms with Gasteiger partial charge in [0.15, 0.2) is 0 Å². The van der Waals surface area contributed by atoms with Crippen molar-refractivity contribution in [2.45, 2.75) is 11.3 Å². The highest BCUT2D eigenvalue weighted by Gasteiger charge is 2.20. The summed E-state index contributed by atoms with van der Waals surface area (Å²) in [5, 5.41) is 9.35. The molecule has 1 aliphatic rings. The molecule has 1 aromatic heterocycles. The molecule has 0 radical (unpaired) electrons. The lowest BCUT2D eigenvalue weighted by Gasteiger charge is -2.25. The van der Waals surface area contributed by atoms with E-state index in [1.54, 1.807) is 0 Å². The number of halogens is 2. The Morgan fingerprint density at radius 3 is 2.72 bits per heavy atom. The summed E-state index contributed by atoms with van der Waals surface area (Å²) in [5.41, 5.74) is 0. The van der Waals surface area contributed by atoms with Crippen LogP contribution in [0.4, 0.5) is 5.13 Å². The molecule has 0 atom stereocenters. The van der Waals surface area contributed by atoms with Gasteiger partial charge in [-0.05, 0) is 18.2 Å². The van der Waals surface area contributed by atoms with Crippen LogP contribution in [-0.4, -0.2) is 56.4 Å². The van der Waals surface area contributed by atoms with Gasteiger partial charge in [-0.2, -0.15) is 0 Å². The number of morpholine rings is 1. The van der Waals surface area contributed by atoms with Gasteiger partial charge in [-0.25, -0.2) is 8.42 Å². The molecular formula is C14H16Cl2N4O3S2. The van der Waals surface area contributed by atoms with E-state index in [1.807, 2.05) is 0 Å². The van der Waals surface area contributed by atoms with Gasteiger partial charge in [-0.15, -0.1) is 10.2 Å². The molecular weight excluding hydrogens is 407 g/mol. The zero-order valence-electron chi connectivity index (χ0n) is 13.1. The highest BCUT2D eigenvalue weighted by molar-refractivity contribution is 7.93. The lowest BCUT2D eigenvalue weighted by molar-refractivity contribution is 0.0384. The summed E-state index contributed by atoms with van der Waals surface area (Å²) in [7, 11) is -3.84. The first-order valence-electron chi connectivity index (χ1n) is 7.54. The predicted molar refractivity (Wildman–Crippen MR) is 98.1 cm³/mol. The topological polar surface area (TPSA) is 84.4 Å². The number of aromatic nitrogens is 2. The zero-order chi connectivity index (χ0) is 17.9. The van der Waals surface area contributed by atoms with Crippen molar-refractivity contribution in [2.75, 3.05) is 37.6 Å². The quantitative estimate of drug-likeness (QED) is 0.769. The van der Waals surface area contributed by atoms with E-state index >= 15 is 0 Å². The average molecular weight is 423 g/mol. The monoisotopic (exact) mass is 422 g/mol. The summed E-state index contributed by atoms with van der Waals surface area (Å²) in [6, 6.07) is 4.20. The number of sulfonamides is 1. The SMILES string of the molecule is O=S(=O)(Nc1nnc(CCN2CCOCC2)s1)c1ccc(Cl)cc1Cl. The van der Waals surface area contributed by atoms with Crippen LogP contribution in [-0.2, 0) is 21.2 Å². The van der Waals surface area contributed by atoms with Crippen LogP contribution < -0.4 is 4.72 Å². The van der Waals surface area contributed by atoms with Crippen LogP contribution >= 0.6 is 34.5 Å². The van der Waals surface area contributed by atoms with Crippen LogP contribution in [0, 0.1) is 0 Å². The van der Waals surface area contributed by atoms with E-state index in [0.29, 0.717) is 11.4 Å². The molecule has 1 saturated heterocycles. The maximum atomic E-state index is 12.4. The number of ether oxygens (including phenoxy) is 1. The first-order chi connectivity index (χ1) is 11.9. The van der Waals surface area contributed by atoms with Crippen LogP contribution in [0.3, 0.4) is 0 Å². The van der Waals surface area contributed by atoms with Crippen molar-refractivity contribution in [1.82, 2.24) is 15.1 Å². The Morgan fingerprint density at radius 2 is 2.00 bits per heavy atom. The lowest BCUT2D eigenvalue weighted by atomic mass is 10.3. The molecule has 2 aromatic rings. The molecule has 7 nitrogen and oxygen atoms in total. The van der Waals surface area contributed by atoms with Crippen molar-refractivity contribution in [1.29, 1.82) is 0 Å². The van der Waals surface area contributed by atoms with E-state index in [0.717, 1.165) is 37.9 Å². The van der Waals surface area contributed by atoms with Gasteiger partial charge in [-0.3, -0.25) is 9.62 Å². The van der Waals surface area contributed by atoms with E-state index in [-0.39, 0.29) is 15.0 Å². The Kier molecular flexibility index (Phi) is 6.13. The second-order valence-electron chi connectivity index (χ2n) is 5.39. The van der Waals surface area contributed by atoms with Gasteiger partial charge in [0.1, 0.15) is 9.90 Å². The molecule has 1 fully saturated rings. The number of benzene rings is 1. The molecule has 11 heteroatoms. The number of anilines is 1. The smallest absolute Gasteiger partial charge is 0.265 e. The van der Waals surface area contributed by atoms with E-state index in [1.165, 1.54) is 29.5 Å². The summed E-state index contributed by atoms with van der Waals surface area (Å²) >= 11 is 13.0. The molecule has 0 saturated carbocycles. The van der Waals surface area contributed by atoms with Crippen LogP contribution in [0.25, 0.3) is 0 Å². The van der Waals surface area contributed by atoms with Gasteiger partial charge in [0.25, 0.3) is 10.0 Å². The van der Waals surface area contributed by atoms with Crippen LogP contribution in [0.15, 0.2) is 23.1 Å². The van der Waals surface area contributed by atoms with Gasteiger partial charge in [0.2, 0.25) is 5.13 Å². The van der Waals surface area contributed by atoms with Crippen LogP contribution in [0.2, 0.25) is 10.0 Å². The number of nitrogens with one attached hydrogen (secondary N) is 1. The third kappa shape index (κ3) is 5.02. The second-order valence-corrected chi connectivity index (χ2v) is 8.94.